The largest absolute Gasteiger partial charge is 0.389 e. The third-order valence-electron chi connectivity index (χ3n) is 4.25. The molecule has 1 aromatic heterocycles. The number of H-pyrrole nitrogens is 1. The first kappa shape index (κ1) is 16.0. The number of hydrogen-bond donors (Lipinski definition) is 2. The van der Waals surface area contributed by atoms with Gasteiger partial charge >= 0.3 is 0 Å². The lowest BCUT2D eigenvalue weighted by Crippen LogP contribution is -2.40. The smallest absolute Gasteiger partial charge is 0.274 e. The number of aliphatic hydroxyl groups is 1. The predicted octanol–water partition coefficient (Wildman–Crippen LogP) is 0.588. The number of β-amino-alcohol motifs (C(OH)–C–C–N with tert-alkyl or cyclic N) is 1. The van der Waals surface area contributed by atoms with Gasteiger partial charge in [-0.05, 0) is 24.8 Å². The Kier molecular flexibility index (Phi) is 4.39. The zero-order valence-corrected chi connectivity index (χ0v) is 13.7. The van der Waals surface area contributed by atoms with E-state index in [9.17, 15) is 14.7 Å². The van der Waals surface area contributed by atoms with Crippen LogP contribution < -0.4 is 0 Å². The molecule has 2 aliphatic rings. The number of aromatic amines is 1. The van der Waals surface area contributed by atoms with Gasteiger partial charge < -0.3 is 14.9 Å². The molecule has 2 amide bonds. The van der Waals surface area contributed by atoms with E-state index in [2.05, 4.69) is 10.2 Å². The van der Waals surface area contributed by atoms with E-state index in [0.717, 1.165) is 18.5 Å². The molecule has 7 nitrogen and oxygen atoms in total. The zero-order chi connectivity index (χ0) is 16.6. The van der Waals surface area contributed by atoms with Crippen molar-refractivity contribution in [3.05, 3.63) is 17.5 Å². The normalized spacial score (nSPS) is 22.6. The Bertz CT molecular complexity index is 594. The van der Waals surface area contributed by atoms with Gasteiger partial charge in [-0.1, -0.05) is 13.8 Å². The van der Waals surface area contributed by atoms with E-state index in [0.29, 0.717) is 24.1 Å². The van der Waals surface area contributed by atoms with E-state index in [-0.39, 0.29) is 31.4 Å². The number of amides is 2. The Morgan fingerprint density at radius 1 is 1.43 bits per heavy atom. The molecule has 0 radical (unpaired) electrons. The second-order valence-electron chi connectivity index (χ2n) is 7.01. The van der Waals surface area contributed by atoms with Gasteiger partial charge in [0.05, 0.1) is 6.10 Å². The van der Waals surface area contributed by atoms with Crippen molar-refractivity contribution in [2.24, 2.45) is 5.92 Å². The first-order valence-electron chi connectivity index (χ1n) is 8.24. The van der Waals surface area contributed by atoms with Crippen molar-refractivity contribution in [3.8, 4) is 0 Å². The highest BCUT2D eigenvalue weighted by Crippen LogP contribution is 2.39. The molecule has 2 heterocycles. The Labute approximate surface area is 135 Å². The summed E-state index contributed by atoms with van der Waals surface area (Å²) in [5, 5.41) is 17.1. The van der Waals surface area contributed by atoms with Gasteiger partial charge in [0.1, 0.15) is 12.2 Å². The maximum absolute atomic E-state index is 12.6. The Morgan fingerprint density at radius 2 is 2.17 bits per heavy atom. The average Bonchev–Trinajstić information content (AvgIpc) is 3.23. The van der Waals surface area contributed by atoms with Crippen molar-refractivity contribution in [1.29, 1.82) is 0 Å². The van der Waals surface area contributed by atoms with Gasteiger partial charge in [-0.2, -0.15) is 5.10 Å². The molecule has 23 heavy (non-hydrogen) atoms. The molecule has 3 rings (SSSR count). The third kappa shape index (κ3) is 3.72. The van der Waals surface area contributed by atoms with Crippen molar-refractivity contribution in [2.45, 2.75) is 38.7 Å². The molecule has 1 atom stereocenters. The Hall–Kier alpha value is -1.89. The topological polar surface area (TPSA) is 89.5 Å². The van der Waals surface area contributed by atoms with Gasteiger partial charge in [-0.25, -0.2) is 0 Å². The van der Waals surface area contributed by atoms with E-state index >= 15 is 0 Å². The van der Waals surface area contributed by atoms with Gasteiger partial charge in [0, 0.05) is 31.2 Å². The monoisotopic (exact) mass is 320 g/mol. The second-order valence-corrected chi connectivity index (χ2v) is 7.01. The molecule has 126 valence electrons. The number of carbonyl (C=O) groups excluding carboxylic acids is 2. The molecule has 1 aliphatic heterocycles. The highest BCUT2D eigenvalue weighted by Gasteiger charge is 2.32. The molecule has 1 saturated carbocycles. The average molecular weight is 320 g/mol. The van der Waals surface area contributed by atoms with Crippen LogP contribution in [0, 0.1) is 5.92 Å². The third-order valence-corrected chi connectivity index (χ3v) is 4.25. The quantitative estimate of drug-likeness (QED) is 0.849. The molecule has 0 bridgehead atoms. The standard InChI is InChI=1S/C16H24N4O3/c1-10(2)6-19-7-12(21)8-20(9-15(19)22)16(23)14-5-13(17-18-14)11-3-4-11/h5,10-12,21H,3-4,6-9H2,1-2H3,(H,17,18). The van der Waals surface area contributed by atoms with Gasteiger partial charge in [0.2, 0.25) is 5.91 Å². The maximum Gasteiger partial charge on any atom is 0.274 e. The summed E-state index contributed by atoms with van der Waals surface area (Å²) in [7, 11) is 0. The van der Waals surface area contributed by atoms with E-state index in [1.54, 1.807) is 11.0 Å². The molecule has 2 N–H and O–H groups in total. The van der Waals surface area contributed by atoms with E-state index in [4.69, 9.17) is 0 Å². The molecule has 1 aliphatic carbocycles. The summed E-state index contributed by atoms with van der Waals surface area (Å²) in [6.45, 7) is 5.06. The number of aliphatic hydroxyl groups excluding tert-OH is 1. The molecule has 0 spiro atoms. The molecule has 1 saturated heterocycles. The van der Waals surface area contributed by atoms with Crippen LogP contribution in [0.1, 0.15) is 48.8 Å². The fourth-order valence-corrected chi connectivity index (χ4v) is 2.98. The van der Waals surface area contributed by atoms with Crippen LogP contribution in [-0.4, -0.2) is 69.2 Å². The van der Waals surface area contributed by atoms with E-state index in [1.807, 2.05) is 13.8 Å². The minimum atomic E-state index is -0.731. The maximum atomic E-state index is 12.6. The van der Waals surface area contributed by atoms with Crippen molar-refractivity contribution in [1.82, 2.24) is 20.0 Å². The molecule has 1 aromatic rings. The van der Waals surface area contributed by atoms with Crippen LogP contribution in [0.25, 0.3) is 0 Å². The summed E-state index contributed by atoms with van der Waals surface area (Å²) < 4.78 is 0. The fraction of sp³-hybridized carbons (Fsp3) is 0.688. The highest BCUT2D eigenvalue weighted by molar-refractivity contribution is 5.95. The van der Waals surface area contributed by atoms with Crippen LogP contribution in [0.2, 0.25) is 0 Å². The summed E-state index contributed by atoms with van der Waals surface area (Å²) >= 11 is 0. The van der Waals surface area contributed by atoms with Crippen LogP contribution in [0.3, 0.4) is 0 Å². The van der Waals surface area contributed by atoms with Gasteiger partial charge in [-0.15, -0.1) is 0 Å². The Balaban J connectivity index is 1.70. The summed E-state index contributed by atoms with van der Waals surface area (Å²) in [5.74, 6) is 0.385. The SMILES string of the molecule is CC(C)CN1CC(O)CN(C(=O)c2cc(C3CC3)[nH]n2)CC1=O. The molecule has 2 fully saturated rings. The van der Waals surface area contributed by atoms with Gasteiger partial charge in [-0.3, -0.25) is 14.7 Å². The first-order chi connectivity index (χ1) is 10.9. The number of rotatable bonds is 4. The predicted molar refractivity (Wildman–Crippen MR) is 83.9 cm³/mol. The highest BCUT2D eigenvalue weighted by atomic mass is 16.3. The number of aromatic nitrogens is 2. The minimum Gasteiger partial charge on any atom is -0.389 e. The summed E-state index contributed by atoms with van der Waals surface area (Å²) in [5.41, 5.74) is 1.31. The van der Waals surface area contributed by atoms with Crippen LogP contribution in [0.15, 0.2) is 6.07 Å². The van der Waals surface area contributed by atoms with E-state index in [1.165, 1.54) is 4.90 Å². The lowest BCUT2D eigenvalue weighted by molar-refractivity contribution is -0.131. The molecular weight excluding hydrogens is 296 g/mol. The van der Waals surface area contributed by atoms with Crippen molar-refractivity contribution in [3.63, 3.8) is 0 Å². The number of carbonyl (C=O) groups is 2. The summed E-state index contributed by atoms with van der Waals surface area (Å²) in [6.07, 6.45) is 1.52. The van der Waals surface area contributed by atoms with Crippen molar-refractivity contribution < 1.29 is 14.7 Å². The first-order valence-corrected chi connectivity index (χ1v) is 8.24. The van der Waals surface area contributed by atoms with E-state index < -0.39 is 6.10 Å². The number of hydrogen-bond acceptors (Lipinski definition) is 4. The zero-order valence-electron chi connectivity index (χ0n) is 13.7. The van der Waals surface area contributed by atoms with Crippen molar-refractivity contribution >= 4 is 11.8 Å². The van der Waals surface area contributed by atoms with Crippen LogP contribution in [0.4, 0.5) is 0 Å². The lowest BCUT2D eigenvalue weighted by atomic mass is 10.2. The van der Waals surface area contributed by atoms with Gasteiger partial charge in [0.15, 0.2) is 0 Å². The molecule has 1 unspecified atom stereocenters. The van der Waals surface area contributed by atoms with Gasteiger partial charge in [0.25, 0.3) is 5.91 Å². The summed E-state index contributed by atoms with van der Waals surface area (Å²) in [6, 6.07) is 1.77. The van der Waals surface area contributed by atoms with Crippen molar-refractivity contribution in [2.75, 3.05) is 26.2 Å². The molecular formula is C16H24N4O3. The van der Waals surface area contributed by atoms with Crippen LogP contribution in [-0.2, 0) is 4.79 Å². The molecule has 0 aromatic carbocycles. The van der Waals surface area contributed by atoms with Crippen LogP contribution >= 0.6 is 0 Å². The second kappa shape index (κ2) is 6.31. The number of nitrogens with zero attached hydrogens (tertiary/aromatic N) is 3. The summed E-state index contributed by atoms with van der Waals surface area (Å²) in [4.78, 5) is 28.0. The fourth-order valence-electron chi connectivity index (χ4n) is 2.98. The van der Waals surface area contributed by atoms with Crippen LogP contribution in [0.5, 0.6) is 0 Å². The molecule has 7 heteroatoms. The number of nitrogens with one attached hydrogen (secondary N) is 1. The minimum absolute atomic E-state index is 0.00572. The Morgan fingerprint density at radius 3 is 2.83 bits per heavy atom. The lowest BCUT2D eigenvalue weighted by Gasteiger charge is -2.23.